The molecule has 0 radical (unpaired) electrons. The van der Waals surface area contributed by atoms with Crippen LogP contribution in [0.5, 0.6) is 0 Å². The van der Waals surface area contributed by atoms with E-state index in [0.717, 1.165) is 0 Å². The SMILES string of the molecule is O=C(NCc1ccc(Cl)cc1Cl)C(=O)N/N=C\c1ccc(F)cc1. The Labute approximate surface area is 147 Å². The number of amides is 2. The first-order valence-corrected chi connectivity index (χ1v) is 7.52. The van der Waals surface area contributed by atoms with Crippen molar-refractivity contribution in [1.82, 2.24) is 10.7 Å². The van der Waals surface area contributed by atoms with E-state index >= 15 is 0 Å². The molecule has 2 rings (SSSR count). The maximum absolute atomic E-state index is 12.7. The summed E-state index contributed by atoms with van der Waals surface area (Å²) in [6, 6.07) is 10.3. The Morgan fingerprint density at radius 2 is 1.79 bits per heavy atom. The zero-order valence-electron chi connectivity index (χ0n) is 12.2. The Morgan fingerprint density at radius 1 is 1.08 bits per heavy atom. The quantitative estimate of drug-likeness (QED) is 0.495. The second kappa shape index (κ2) is 8.42. The molecule has 2 amide bonds. The molecule has 0 fully saturated rings. The van der Waals surface area contributed by atoms with Crippen molar-refractivity contribution in [3.05, 3.63) is 69.5 Å². The second-order valence-electron chi connectivity index (χ2n) is 4.67. The van der Waals surface area contributed by atoms with E-state index in [0.29, 0.717) is 21.2 Å². The third-order valence-electron chi connectivity index (χ3n) is 2.91. The molecule has 2 N–H and O–H groups in total. The van der Waals surface area contributed by atoms with Crippen molar-refractivity contribution >= 4 is 41.2 Å². The van der Waals surface area contributed by atoms with E-state index in [-0.39, 0.29) is 12.4 Å². The van der Waals surface area contributed by atoms with Gasteiger partial charge in [-0.15, -0.1) is 0 Å². The lowest BCUT2D eigenvalue weighted by Crippen LogP contribution is -2.37. The van der Waals surface area contributed by atoms with Gasteiger partial charge >= 0.3 is 11.8 Å². The molecule has 2 aromatic carbocycles. The van der Waals surface area contributed by atoms with Gasteiger partial charge in [0.15, 0.2) is 0 Å². The monoisotopic (exact) mass is 367 g/mol. The Balaban J connectivity index is 1.83. The van der Waals surface area contributed by atoms with Gasteiger partial charge in [-0.2, -0.15) is 5.10 Å². The van der Waals surface area contributed by atoms with Gasteiger partial charge in [0, 0.05) is 16.6 Å². The number of hydrazone groups is 1. The first-order chi connectivity index (χ1) is 11.5. The standard InChI is InChI=1S/C16H12Cl2FN3O2/c17-12-4-3-11(14(18)7-12)9-20-15(23)16(24)22-21-8-10-1-5-13(19)6-2-10/h1-8H,9H2,(H,20,23)(H,22,24)/b21-8-. The summed E-state index contributed by atoms with van der Waals surface area (Å²) >= 11 is 11.7. The van der Waals surface area contributed by atoms with E-state index in [1.165, 1.54) is 36.5 Å². The minimum atomic E-state index is -0.932. The highest BCUT2D eigenvalue weighted by Gasteiger charge is 2.12. The number of carbonyl (C=O) groups is 2. The lowest BCUT2D eigenvalue weighted by atomic mass is 10.2. The molecule has 0 aliphatic rings. The van der Waals surface area contributed by atoms with Crippen molar-refractivity contribution in [3.8, 4) is 0 Å². The number of benzene rings is 2. The number of halogens is 3. The van der Waals surface area contributed by atoms with Crippen LogP contribution in [-0.2, 0) is 16.1 Å². The first-order valence-electron chi connectivity index (χ1n) is 6.76. The summed E-state index contributed by atoms with van der Waals surface area (Å²) in [7, 11) is 0. The van der Waals surface area contributed by atoms with Gasteiger partial charge in [0.2, 0.25) is 0 Å². The lowest BCUT2D eigenvalue weighted by Gasteiger charge is -2.06. The van der Waals surface area contributed by atoms with Crippen LogP contribution in [-0.4, -0.2) is 18.0 Å². The smallest absolute Gasteiger partial charge is 0.329 e. The molecule has 0 spiro atoms. The molecule has 0 saturated heterocycles. The van der Waals surface area contributed by atoms with Crippen LogP contribution in [0, 0.1) is 5.82 Å². The number of hydrogen-bond acceptors (Lipinski definition) is 3. The zero-order valence-corrected chi connectivity index (χ0v) is 13.7. The van der Waals surface area contributed by atoms with E-state index in [1.54, 1.807) is 12.1 Å². The summed E-state index contributed by atoms with van der Waals surface area (Å²) < 4.78 is 12.7. The number of nitrogens with zero attached hydrogens (tertiary/aromatic N) is 1. The maximum Gasteiger partial charge on any atom is 0.329 e. The maximum atomic E-state index is 12.7. The van der Waals surface area contributed by atoms with Crippen LogP contribution in [0.1, 0.15) is 11.1 Å². The highest BCUT2D eigenvalue weighted by atomic mass is 35.5. The minimum Gasteiger partial charge on any atom is -0.344 e. The molecule has 0 aliphatic carbocycles. The molecule has 0 bridgehead atoms. The number of rotatable bonds is 4. The fourth-order valence-electron chi connectivity index (χ4n) is 1.69. The molecule has 2 aromatic rings. The first kappa shape index (κ1) is 17.9. The predicted molar refractivity (Wildman–Crippen MR) is 90.4 cm³/mol. The van der Waals surface area contributed by atoms with Crippen LogP contribution < -0.4 is 10.7 Å². The van der Waals surface area contributed by atoms with Gasteiger partial charge in [-0.1, -0.05) is 41.4 Å². The van der Waals surface area contributed by atoms with Crippen molar-refractivity contribution in [2.75, 3.05) is 0 Å². The normalized spacial score (nSPS) is 10.6. The van der Waals surface area contributed by atoms with E-state index in [4.69, 9.17) is 23.2 Å². The van der Waals surface area contributed by atoms with Crippen molar-refractivity contribution < 1.29 is 14.0 Å². The van der Waals surface area contributed by atoms with Gasteiger partial charge in [0.05, 0.1) is 6.21 Å². The fraction of sp³-hybridized carbons (Fsp3) is 0.0625. The van der Waals surface area contributed by atoms with Gasteiger partial charge < -0.3 is 5.32 Å². The minimum absolute atomic E-state index is 0.0733. The average Bonchev–Trinajstić information content (AvgIpc) is 2.55. The van der Waals surface area contributed by atoms with Crippen molar-refractivity contribution in [1.29, 1.82) is 0 Å². The van der Waals surface area contributed by atoms with E-state index in [9.17, 15) is 14.0 Å². The molecule has 0 aromatic heterocycles. The molecule has 0 saturated carbocycles. The van der Waals surface area contributed by atoms with Crippen molar-refractivity contribution in [2.24, 2.45) is 5.10 Å². The van der Waals surface area contributed by atoms with Gasteiger partial charge in [0.1, 0.15) is 5.82 Å². The molecule has 0 heterocycles. The fourth-order valence-corrected chi connectivity index (χ4v) is 2.16. The van der Waals surface area contributed by atoms with E-state index in [1.807, 2.05) is 0 Å². The summed E-state index contributed by atoms with van der Waals surface area (Å²) in [4.78, 5) is 23.3. The molecule has 0 aliphatic heterocycles. The number of nitrogens with one attached hydrogen (secondary N) is 2. The van der Waals surface area contributed by atoms with Gasteiger partial charge in [-0.05, 0) is 35.4 Å². The summed E-state index contributed by atoms with van der Waals surface area (Å²) in [6.07, 6.45) is 1.29. The molecule has 0 atom stereocenters. The van der Waals surface area contributed by atoms with Crippen LogP contribution in [0.3, 0.4) is 0 Å². The third-order valence-corrected chi connectivity index (χ3v) is 3.50. The van der Waals surface area contributed by atoms with Crippen LogP contribution >= 0.6 is 23.2 Å². The molecule has 24 heavy (non-hydrogen) atoms. The molecule has 124 valence electrons. The molecule has 0 unspecified atom stereocenters. The average molecular weight is 368 g/mol. The summed E-state index contributed by atoms with van der Waals surface area (Å²) in [6.45, 7) is 0.0733. The van der Waals surface area contributed by atoms with Crippen LogP contribution in [0.15, 0.2) is 47.6 Å². The van der Waals surface area contributed by atoms with Crippen LogP contribution in [0.4, 0.5) is 4.39 Å². The number of hydrogen-bond donors (Lipinski definition) is 2. The van der Waals surface area contributed by atoms with Crippen molar-refractivity contribution in [2.45, 2.75) is 6.54 Å². The number of carbonyl (C=O) groups excluding carboxylic acids is 2. The van der Waals surface area contributed by atoms with Crippen molar-refractivity contribution in [3.63, 3.8) is 0 Å². The van der Waals surface area contributed by atoms with Crippen LogP contribution in [0.25, 0.3) is 0 Å². The summed E-state index contributed by atoms with van der Waals surface area (Å²) in [5.74, 6) is -2.17. The third kappa shape index (κ3) is 5.33. The van der Waals surface area contributed by atoms with E-state index in [2.05, 4.69) is 15.8 Å². The topological polar surface area (TPSA) is 70.6 Å². The highest BCUT2D eigenvalue weighted by molar-refractivity contribution is 6.36. The summed E-state index contributed by atoms with van der Waals surface area (Å²) in [5.41, 5.74) is 3.27. The Hall–Kier alpha value is -2.44. The van der Waals surface area contributed by atoms with Gasteiger partial charge in [-0.25, -0.2) is 9.82 Å². The molecular weight excluding hydrogens is 356 g/mol. The summed E-state index contributed by atoms with van der Waals surface area (Å²) in [5, 5.41) is 6.90. The molecule has 5 nitrogen and oxygen atoms in total. The Morgan fingerprint density at radius 3 is 2.46 bits per heavy atom. The second-order valence-corrected chi connectivity index (χ2v) is 5.51. The molecule has 8 heteroatoms. The van der Waals surface area contributed by atoms with Gasteiger partial charge in [-0.3, -0.25) is 9.59 Å². The largest absolute Gasteiger partial charge is 0.344 e. The Bertz CT molecular complexity index is 779. The predicted octanol–water partition coefficient (Wildman–Crippen LogP) is 2.90. The lowest BCUT2D eigenvalue weighted by molar-refractivity contribution is -0.139. The molecular formula is C16H12Cl2FN3O2. The zero-order chi connectivity index (χ0) is 17.5. The van der Waals surface area contributed by atoms with Gasteiger partial charge in [0.25, 0.3) is 0 Å². The highest BCUT2D eigenvalue weighted by Crippen LogP contribution is 2.20. The van der Waals surface area contributed by atoms with Crippen LogP contribution in [0.2, 0.25) is 10.0 Å². The Kier molecular flexibility index (Phi) is 6.28. The van der Waals surface area contributed by atoms with E-state index < -0.39 is 11.8 Å².